The summed E-state index contributed by atoms with van der Waals surface area (Å²) in [5.41, 5.74) is 2.88. The minimum Gasteiger partial charge on any atom is -0.486 e. The summed E-state index contributed by atoms with van der Waals surface area (Å²) >= 11 is 0. The number of carboxylic acid groups (broad SMARTS) is 1. The van der Waals surface area contributed by atoms with Crippen LogP contribution < -0.4 is 19.5 Å². The zero-order valence-electron chi connectivity index (χ0n) is 19.8. The van der Waals surface area contributed by atoms with E-state index in [1.54, 1.807) is 25.3 Å². The number of ether oxygens (including phenoxy) is 3. The molecule has 3 N–H and O–H groups in total. The molecule has 3 aromatic rings. The summed E-state index contributed by atoms with van der Waals surface area (Å²) in [4.78, 5) is 19.2. The number of methoxy groups -OCH3 is 1. The van der Waals surface area contributed by atoms with Crippen molar-refractivity contribution in [2.75, 3.05) is 25.6 Å². The Hall–Kier alpha value is -3.59. The third kappa shape index (κ3) is 6.51. The minimum atomic E-state index is -1.10. The van der Waals surface area contributed by atoms with Gasteiger partial charge < -0.3 is 24.4 Å². The first-order chi connectivity index (χ1) is 17.0. The van der Waals surface area contributed by atoms with Crippen molar-refractivity contribution in [3.63, 3.8) is 0 Å². The molecule has 1 saturated carbocycles. The van der Waals surface area contributed by atoms with Crippen LogP contribution in [-0.4, -0.2) is 52.2 Å². The molecule has 35 heavy (non-hydrogen) atoms. The molecule has 9 heteroatoms. The summed E-state index contributed by atoms with van der Waals surface area (Å²) in [7, 11) is 1.62. The average Bonchev–Trinajstić information content (AvgIpc) is 2.87. The number of aromatic nitrogens is 2. The first-order valence-electron chi connectivity index (χ1n) is 11.9. The highest BCUT2D eigenvalue weighted by atomic mass is 16.6. The number of nitrogens with one attached hydrogen (secondary N) is 1. The second-order valence-corrected chi connectivity index (χ2v) is 8.77. The molecule has 1 aliphatic heterocycles. The van der Waals surface area contributed by atoms with Crippen molar-refractivity contribution >= 4 is 22.8 Å². The van der Waals surface area contributed by atoms with Crippen molar-refractivity contribution in [2.24, 2.45) is 0 Å². The highest BCUT2D eigenvalue weighted by Crippen LogP contribution is 2.33. The summed E-state index contributed by atoms with van der Waals surface area (Å²) in [5, 5.41) is 21.4. The van der Waals surface area contributed by atoms with E-state index in [0.29, 0.717) is 36.3 Å². The number of amides is 1. The van der Waals surface area contributed by atoms with Gasteiger partial charge in [0.2, 0.25) is 5.88 Å². The van der Waals surface area contributed by atoms with Gasteiger partial charge in [-0.05, 0) is 55.5 Å². The van der Waals surface area contributed by atoms with Crippen molar-refractivity contribution in [3.8, 4) is 17.4 Å². The normalized spacial score (nSPS) is 16.1. The number of nitrogens with zero attached hydrogens (tertiary/aromatic N) is 2. The van der Waals surface area contributed by atoms with Gasteiger partial charge >= 0.3 is 6.09 Å². The number of aliphatic hydroxyl groups is 1. The molecule has 0 radical (unpaired) electrons. The predicted molar refractivity (Wildman–Crippen MR) is 132 cm³/mol. The second-order valence-electron chi connectivity index (χ2n) is 8.77. The lowest BCUT2D eigenvalue weighted by atomic mass is 9.81. The molecule has 1 fully saturated rings. The maximum atomic E-state index is 10.6. The summed E-state index contributed by atoms with van der Waals surface area (Å²) in [6, 6.07) is 10.7. The van der Waals surface area contributed by atoms with E-state index in [0.717, 1.165) is 55.1 Å². The summed E-state index contributed by atoms with van der Waals surface area (Å²) < 4.78 is 15.8. The molecule has 0 saturated heterocycles. The highest BCUT2D eigenvalue weighted by Gasteiger charge is 2.28. The van der Waals surface area contributed by atoms with E-state index < -0.39 is 11.7 Å². The first kappa shape index (κ1) is 24.5. The molecule has 3 heterocycles. The Morgan fingerprint density at radius 2 is 1.86 bits per heavy atom. The lowest BCUT2D eigenvalue weighted by Crippen LogP contribution is -2.31. The van der Waals surface area contributed by atoms with Crippen LogP contribution in [0.15, 0.2) is 42.6 Å². The minimum absolute atomic E-state index is 0.474. The van der Waals surface area contributed by atoms with Gasteiger partial charge in [-0.25, -0.2) is 9.78 Å². The zero-order valence-corrected chi connectivity index (χ0v) is 19.8. The maximum absolute atomic E-state index is 10.6. The Morgan fingerprint density at radius 3 is 2.60 bits per heavy atom. The molecule has 2 aliphatic rings. The van der Waals surface area contributed by atoms with Gasteiger partial charge in [0.1, 0.15) is 13.2 Å². The number of fused-ring (bicyclic) bond motifs is 2. The van der Waals surface area contributed by atoms with Crippen molar-refractivity contribution in [1.29, 1.82) is 0 Å². The van der Waals surface area contributed by atoms with Gasteiger partial charge in [0, 0.05) is 24.0 Å². The number of benzene rings is 1. The van der Waals surface area contributed by atoms with Gasteiger partial charge in [-0.3, -0.25) is 10.3 Å². The second kappa shape index (κ2) is 11.2. The van der Waals surface area contributed by atoms with Gasteiger partial charge in [0.15, 0.2) is 11.5 Å². The molecular formula is C26H31N3O6. The van der Waals surface area contributed by atoms with Crippen LogP contribution in [-0.2, 0) is 6.42 Å². The molecule has 1 aromatic carbocycles. The molecule has 0 spiro atoms. The summed E-state index contributed by atoms with van der Waals surface area (Å²) in [6.45, 7) is 1.02. The van der Waals surface area contributed by atoms with E-state index in [9.17, 15) is 9.90 Å². The van der Waals surface area contributed by atoms with Gasteiger partial charge in [-0.15, -0.1) is 0 Å². The van der Waals surface area contributed by atoms with Gasteiger partial charge in [-0.1, -0.05) is 19.3 Å². The van der Waals surface area contributed by atoms with Crippen LogP contribution in [0.2, 0.25) is 0 Å². The van der Waals surface area contributed by atoms with Crippen LogP contribution in [0, 0.1) is 0 Å². The van der Waals surface area contributed by atoms with Crippen molar-refractivity contribution < 1.29 is 29.2 Å². The number of anilines is 1. The van der Waals surface area contributed by atoms with Crippen LogP contribution >= 0.6 is 0 Å². The molecule has 1 amide bonds. The third-order valence-corrected chi connectivity index (χ3v) is 6.29. The fraction of sp³-hybridized carbons (Fsp3) is 0.423. The van der Waals surface area contributed by atoms with Crippen LogP contribution in [0.1, 0.15) is 44.1 Å². The van der Waals surface area contributed by atoms with E-state index in [1.807, 2.05) is 24.4 Å². The lowest BCUT2D eigenvalue weighted by Gasteiger charge is -2.32. The molecule has 186 valence electrons. The average molecular weight is 482 g/mol. The Balaban J connectivity index is 0.000000179. The molecule has 2 aromatic heterocycles. The molecule has 0 unspecified atom stereocenters. The number of hydrogen-bond donors (Lipinski definition) is 3. The standard InChI is InChI=1S/C17H22N2O2.C9H9NO4/c1-21-15-6-5-14-16(19-15)13(8-12-18-14)7-11-17(20)9-3-2-4-10-17;11-9(12)10-6-1-2-7-8(5-6)14-4-3-13-7/h5-6,8,12,20H,2-4,7,9-11H2,1H3;1-2,5,10H,3-4H2,(H,11,12). The summed E-state index contributed by atoms with van der Waals surface area (Å²) in [6.07, 6.45) is 7.72. The quantitative estimate of drug-likeness (QED) is 0.474. The Labute approximate surface area is 204 Å². The van der Waals surface area contributed by atoms with Crippen LogP contribution in [0.3, 0.4) is 0 Å². The largest absolute Gasteiger partial charge is 0.486 e. The number of pyridine rings is 2. The smallest absolute Gasteiger partial charge is 0.409 e. The van der Waals surface area contributed by atoms with E-state index in [-0.39, 0.29) is 0 Å². The predicted octanol–water partition coefficient (Wildman–Crippen LogP) is 4.81. The van der Waals surface area contributed by atoms with Crippen LogP contribution in [0.25, 0.3) is 11.0 Å². The number of hydrogen-bond acceptors (Lipinski definition) is 7. The highest BCUT2D eigenvalue weighted by molar-refractivity contribution is 5.83. The van der Waals surface area contributed by atoms with E-state index in [4.69, 9.17) is 19.3 Å². The Kier molecular flexibility index (Phi) is 7.87. The SMILES string of the molecule is COc1ccc2nccc(CCC3(O)CCCCC3)c2n1.O=C(O)Nc1ccc2c(c1)OCCO2. The van der Waals surface area contributed by atoms with Crippen molar-refractivity contribution in [3.05, 3.63) is 48.2 Å². The topological polar surface area (TPSA) is 123 Å². The number of carbonyl (C=O) groups is 1. The molecule has 9 nitrogen and oxygen atoms in total. The number of rotatable bonds is 5. The van der Waals surface area contributed by atoms with Crippen molar-refractivity contribution in [2.45, 2.75) is 50.5 Å². The van der Waals surface area contributed by atoms with Crippen LogP contribution in [0.4, 0.5) is 10.5 Å². The maximum Gasteiger partial charge on any atom is 0.409 e. The summed E-state index contributed by atoms with van der Waals surface area (Å²) in [5.74, 6) is 1.82. The molecule has 0 bridgehead atoms. The fourth-order valence-corrected chi connectivity index (χ4v) is 4.45. The molecular weight excluding hydrogens is 450 g/mol. The lowest BCUT2D eigenvalue weighted by molar-refractivity contribution is -0.00336. The first-order valence-corrected chi connectivity index (χ1v) is 11.9. The fourth-order valence-electron chi connectivity index (χ4n) is 4.45. The van der Waals surface area contributed by atoms with Gasteiger partial charge in [-0.2, -0.15) is 0 Å². The molecule has 0 atom stereocenters. The van der Waals surface area contributed by atoms with E-state index in [2.05, 4.69) is 15.3 Å². The van der Waals surface area contributed by atoms with Crippen molar-refractivity contribution in [1.82, 2.24) is 9.97 Å². The zero-order chi connectivity index (χ0) is 24.7. The molecule has 1 aliphatic carbocycles. The third-order valence-electron chi connectivity index (χ3n) is 6.29. The van der Waals surface area contributed by atoms with Gasteiger partial charge in [0.25, 0.3) is 0 Å². The Morgan fingerprint density at radius 1 is 1.09 bits per heavy atom. The number of aryl methyl sites for hydroxylation is 1. The monoisotopic (exact) mass is 481 g/mol. The Bertz CT molecular complexity index is 1160. The van der Waals surface area contributed by atoms with E-state index >= 15 is 0 Å². The van der Waals surface area contributed by atoms with E-state index in [1.165, 1.54) is 6.42 Å². The van der Waals surface area contributed by atoms with Gasteiger partial charge in [0.05, 0.1) is 23.7 Å². The molecule has 5 rings (SSSR count). The van der Waals surface area contributed by atoms with Crippen LogP contribution in [0.5, 0.6) is 17.4 Å².